The Morgan fingerprint density at radius 2 is 1.90 bits per heavy atom. The first kappa shape index (κ1) is 21.6. The number of anilines is 2. The van der Waals surface area contributed by atoms with Crippen LogP contribution in [0.5, 0.6) is 0 Å². The molecule has 0 aliphatic rings. The number of nitrogens with zero attached hydrogens (tertiary/aromatic N) is 2. The van der Waals surface area contributed by atoms with Crippen LogP contribution in [0.2, 0.25) is 0 Å². The molecule has 0 unspecified atom stereocenters. The molecule has 0 atom stereocenters. The monoisotopic (exact) mass is 448 g/mol. The molecule has 3 aromatic rings. The van der Waals surface area contributed by atoms with Gasteiger partial charge in [0.25, 0.3) is 0 Å². The second-order valence-corrected chi connectivity index (χ2v) is 9.16. The number of carbonyl (C=O) groups is 2. The minimum Gasteiger partial charge on any atom is -0.456 e. The van der Waals surface area contributed by atoms with Crippen LogP contribution in [0.4, 0.5) is 15.2 Å². The Kier molecular flexibility index (Phi) is 6.28. The van der Waals surface area contributed by atoms with Crippen molar-refractivity contribution in [3.63, 3.8) is 0 Å². The van der Waals surface area contributed by atoms with Gasteiger partial charge >= 0.3 is 5.97 Å². The third kappa shape index (κ3) is 4.89. The summed E-state index contributed by atoms with van der Waals surface area (Å²) in [4.78, 5) is 29.7. The lowest BCUT2D eigenvalue weighted by Crippen LogP contribution is -2.23. The van der Waals surface area contributed by atoms with Gasteiger partial charge in [0.1, 0.15) is 12.4 Å². The van der Waals surface area contributed by atoms with Crippen LogP contribution in [-0.2, 0) is 26.0 Å². The maximum atomic E-state index is 14.1. The standard InChI is InChI=1S/C20H17FN2O5S2/c1-13(24)23(18-9-4-3-8-17(18)21)20-22-15(12-29-20)11-28-19(25)14-6-5-7-16(10-14)30(2,26)27/h3-10,12H,11H2,1-2H3. The number of para-hydroxylation sites is 1. The van der Waals surface area contributed by atoms with Crippen molar-refractivity contribution in [1.29, 1.82) is 0 Å². The Hall–Kier alpha value is -3.11. The summed E-state index contributed by atoms with van der Waals surface area (Å²) in [6, 6.07) is 11.3. The maximum Gasteiger partial charge on any atom is 0.338 e. The largest absolute Gasteiger partial charge is 0.456 e. The van der Waals surface area contributed by atoms with E-state index in [1.54, 1.807) is 11.4 Å². The van der Waals surface area contributed by atoms with Crippen molar-refractivity contribution < 1.29 is 27.1 Å². The number of carbonyl (C=O) groups excluding carboxylic acids is 2. The summed E-state index contributed by atoms with van der Waals surface area (Å²) in [5.41, 5.74) is 0.524. The molecule has 0 bridgehead atoms. The van der Waals surface area contributed by atoms with Crippen LogP contribution >= 0.6 is 11.3 Å². The Bertz CT molecular complexity index is 1210. The molecule has 7 nitrogen and oxygen atoms in total. The second-order valence-electron chi connectivity index (χ2n) is 6.30. The number of hydrogen-bond donors (Lipinski definition) is 0. The van der Waals surface area contributed by atoms with Crippen LogP contribution in [0.3, 0.4) is 0 Å². The van der Waals surface area contributed by atoms with E-state index in [1.165, 1.54) is 49.4 Å². The van der Waals surface area contributed by atoms with Crippen LogP contribution < -0.4 is 4.90 Å². The molecule has 1 heterocycles. The van der Waals surface area contributed by atoms with Crippen LogP contribution in [0.15, 0.2) is 58.8 Å². The number of amides is 1. The van der Waals surface area contributed by atoms with E-state index in [0.29, 0.717) is 5.69 Å². The molecular weight excluding hydrogens is 431 g/mol. The van der Waals surface area contributed by atoms with E-state index < -0.39 is 27.5 Å². The molecule has 30 heavy (non-hydrogen) atoms. The summed E-state index contributed by atoms with van der Waals surface area (Å²) in [6.45, 7) is 1.10. The van der Waals surface area contributed by atoms with Crippen LogP contribution in [-0.4, -0.2) is 31.5 Å². The zero-order chi connectivity index (χ0) is 21.9. The lowest BCUT2D eigenvalue weighted by atomic mass is 10.2. The van der Waals surface area contributed by atoms with Gasteiger partial charge in [0, 0.05) is 18.6 Å². The molecule has 2 aromatic carbocycles. The van der Waals surface area contributed by atoms with E-state index in [2.05, 4.69) is 4.98 Å². The summed E-state index contributed by atoms with van der Waals surface area (Å²) in [7, 11) is -3.46. The molecule has 0 fully saturated rings. The third-order valence-electron chi connectivity index (χ3n) is 3.99. The summed E-state index contributed by atoms with van der Waals surface area (Å²) < 4.78 is 42.6. The Labute approximate surface area is 176 Å². The van der Waals surface area contributed by atoms with Crippen molar-refractivity contribution in [2.24, 2.45) is 0 Å². The van der Waals surface area contributed by atoms with Gasteiger partial charge in [-0.2, -0.15) is 0 Å². The van der Waals surface area contributed by atoms with Gasteiger partial charge in [0.2, 0.25) is 5.91 Å². The molecule has 0 saturated heterocycles. The van der Waals surface area contributed by atoms with Crippen molar-refractivity contribution in [2.75, 3.05) is 11.2 Å². The number of hydrogen-bond acceptors (Lipinski definition) is 7. The summed E-state index contributed by atoms with van der Waals surface area (Å²) in [5.74, 6) is -1.70. The summed E-state index contributed by atoms with van der Waals surface area (Å²) >= 11 is 1.10. The van der Waals surface area contributed by atoms with E-state index in [9.17, 15) is 22.4 Å². The van der Waals surface area contributed by atoms with Gasteiger partial charge in [-0.3, -0.25) is 9.69 Å². The first-order valence-electron chi connectivity index (χ1n) is 8.63. The lowest BCUT2D eigenvalue weighted by Gasteiger charge is -2.18. The van der Waals surface area contributed by atoms with E-state index in [1.807, 2.05) is 0 Å². The summed E-state index contributed by atoms with van der Waals surface area (Å²) in [5, 5.41) is 1.82. The average molecular weight is 448 g/mol. The topological polar surface area (TPSA) is 93.6 Å². The molecule has 10 heteroatoms. The zero-order valence-electron chi connectivity index (χ0n) is 16.0. The molecule has 3 rings (SSSR count). The number of thiazole rings is 1. The zero-order valence-corrected chi connectivity index (χ0v) is 17.7. The molecule has 0 aliphatic carbocycles. The highest BCUT2D eigenvalue weighted by molar-refractivity contribution is 7.90. The van der Waals surface area contributed by atoms with Gasteiger partial charge in [-0.25, -0.2) is 22.6 Å². The van der Waals surface area contributed by atoms with Crippen molar-refractivity contribution in [1.82, 2.24) is 4.98 Å². The summed E-state index contributed by atoms with van der Waals surface area (Å²) in [6.07, 6.45) is 1.05. The molecular formula is C20H17FN2O5S2. The predicted octanol–water partition coefficient (Wildman–Crippen LogP) is 3.73. The average Bonchev–Trinajstić information content (AvgIpc) is 3.15. The fraction of sp³-hybridized carbons (Fsp3) is 0.150. The fourth-order valence-corrected chi connectivity index (χ4v) is 4.11. The number of halogens is 1. The van der Waals surface area contributed by atoms with Crippen molar-refractivity contribution in [2.45, 2.75) is 18.4 Å². The quantitative estimate of drug-likeness (QED) is 0.534. The smallest absolute Gasteiger partial charge is 0.338 e. The van der Waals surface area contributed by atoms with Crippen LogP contribution in [0.25, 0.3) is 0 Å². The highest BCUT2D eigenvalue weighted by Crippen LogP contribution is 2.30. The molecule has 1 aromatic heterocycles. The minimum atomic E-state index is -3.46. The van der Waals surface area contributed by atoms with Crippen molar-refractivity contribution in [3.8, 4) is 0 Å². The van der Waals surface area contributed by atoms with Gasteiger partial charge in [0.05, 0.1) is 21.8 Å². The van der Waals surface area contributed by atoms with Crippen LogP contribution in [0, 0.1) is 5.82 Å². The van der Waals surface area contributed by atoms with E-state index in [-0.39, 0.29) is 27.9 Å². The van der Waals surface area contributed by atoms with E-state index >= 15 is 0 Å². The predicted molar refractivity (Wildman–Crippen MR) is 110 cm³/mol. The number of benzene rings is 2. The first-order valence-corrected chi connectivity index (χ1v) is 11.4. The van der Waals surface area contributed by atoms with E-state index in [0.717, 1.165) is 22.5 Å². The molecule has 156 valence electrons. The SMILES string of the molecule is CC(=O)N(c1nc(COC(=O)c2cccc(S(C)(=O)=O)c2)cs1)c1ccccc1F. The highest BCUT2D eigenvalue weighted by Gasteiger charge is 2.21. The van der Waals surface area contributed by atoms with Crippen molar-refractivity contribution in [3.05, 3.63) is 71.0 Å². The van der Waals surface area contributed by atoms with Crippen molar-refractivity contribution >= 4 is 43.9 Å². The van der Waals surface area contributed by atoms with Gasteiger partial charge in [-0.1, -0.05) is 18.2 Å². The molecule has 0 aliphatic heterocycles. The Morgan fingerprint density at radius 3 is 2.57 bits per heavy atom. The van der Waals surface area contributed by atoms with Crippen LogP contribution in [0.1, 0.15) is 23.0 Å². The minimum absolute atomic E-state index is 0.00915. The maximum absolute atomic E-state index is 14.1. The molecule has 0 radical (unpaired) electrons. The number of rotatable bonds is 6. The highest BCUT2D eigenvalue weighted by atomic mass is 32.2. The molecule has 0 N–H and O–H groups in total. The lowest BCUT2D eigenvalue weighted by molar-refractivity contribution is -0.115. The van der Waals surface area contributed by atoms with Gasteiger partial charge in [0.15, 0.2) is 15.0 Å². The molecule has 0 saturated carbocycles. The van der Waals surface area contributed by atoms with Gasteiger partial charge in [-0.05, 0) is 30.3 Å². The number of esters is 1. The van der Waals surface area contributed by atoms with E-state index in [4.69, 9.17) is 4.74 Å². The molecule has 1 amide bonds. The number of aromatic nitrogens is 1. The Morgan fingerprint density at radius 1 is 1.17 bits per heavy atom. The van der Waals surface area contributed by atoms with Gasteiger partial charge in [-0.15, -0.1) is 11.3 Å². The van der Waals surface area contributed by atoms with Gasteiger partial charge < -0.3 is 4.74 Å². The second kappa shape index (κ2) is 8.72. The first-order chi connectivity index (χ1) is 14.2. The number of sulfone groups is 1. The Balaban J connectivity index is 1.75. The number of ether oxygens (including phenoxy) is 1. The molecule has 0 spiro atoms. The normalized spacial score (nSPS) is 11.2. The fourth-order valence-electron chi connectivity index (χ4n) is 2.58. The third-order valence-corrected chi connectivity index (χ3v) is 5.97.